The number of amides is 1. The van der Waals surface area contributed by atoms with Crippen molar-refractivity contribution in [3.05, 3.63) is 64.9 Å². The van der Waals surface area contributed by atoms with Gasteiger partial charge in [0.05, 0.1) is 0 Å². The molecule has 0 aliphatic rings. The van der Waals surface area contributed by atoms with Gasteiger partial charge in [0.2, 0.25) is 0 Å². The zero-order valence-electron chi connectivity index (χ0n) is 15.1. The van der Waals surface area contributed by atoms with E-state index >= 15 is 0 Å². The maximum atomic E-state index is 12.4. The lowest BCUT2D eigenvalue weighted by atomic mass is 10.1. The molecule has 0 radical (unpaired) electrons. The van der Waals surface area contributed by atoms with Crippen molar-refractivity contribution in [1.82, 2.24) is 20.5 Å². The van der Waals surface area contributed by atoms with Crippen LogP contribution in [0.25, 0.3) is 10.6 Å². The van der Waals surface area contributed by atoms with Crippen molar-refractivity contribution in [2.45, 2.75) is 39.2 Å². The summed E-state index contributed by atoms with van der Waals surface area (Å²) < 4.78 is 0. The molecule has 0 saturated carbocycles. The SMILES string of the molecule is CC(C)c1nnc(-c2ccc(C(=O)N[C@H](C)Cc3cccnc3)cc2)s1. The predicted molar refractivity (Wildman–Crippen MR) is 104 cm³/mol. The summed E-state index contributed by atoms with van der Waals surface area (Å²) in [6.07, 6.45) is 4.32. The first kappa shape index (κ1) is 18.2. The van der Waals surface area contributed by atoms with Crippen LogP contribution in [0.2, 0.25) is 0 Å². The molecule has 26 heavy (non-hydrogen) atoms. The molecule has 0 aliphatic carbocycles. The van der Waals surface area contributed by atoms with Crippen molar-refractivity contribution in [1.29, 1.82) is 0 Å². The topological polar surface area (TPSA) is 67.8 Å². The second-order valence-corrected chi connectivity index (χ2v) is 7.63. The van der Waals surface area contributed by atoms with Crippen LogP contribution in [-0.4, -0.2) is 27.1 Å². The summed E-state index contributed by atoms with van der Waals surface area (Å²) in [6.45, 7) is 6.20. The lowest BCUT2D eigenvalue weighted by Gasteiger charge is -2.14. The lowest BCUT2D eigenvalue weighted by Crippen LogP contribution is -2.34. The molecule has 0 spiro atoms. The number of carbonyl (C=O) groups excluding carboxylic acids is 1. The number of benzene rings is 1. The Morgan fingerprint density at radius 2 is 1.88 bits per heavy atom. The van der Waals surface area contributed by atoms with E-state index < -0.39 is 0 Å². The molecule has 1 aromatic carbocycles. The molecule has 2 heterocycles. The molecule has 134 valence electrons. The number of rotatable bonds is 6. The zero-order chi connectivity index (χ0) is 18.5. The van der Waals surface area contributed by atoms with Gasteiger partial charge in [-0.1, -0.05) is 43.4 Å². The average molecular weight is 366 g/mol. The van der Waals surface area contributed by atoms with Crippen LogP contribution in [0.4, 0.5) is 0 Å². The van der Waals surface area contributed by atoms with E-state index in [4.69, 9.17) is 0 Å². The molecule has 0 fully saturated rings. The van der Waals surface area contributed by atoms with Crippen molar-refractivity contribution in [2.75, 3.05) is 0 Å². The van der Waals surface area contributed by atoms with Crippen LogP contribution >= 0.6 is 11.3 Å². The molecule has 0 aliphatic heterocycles. The van der Waals surface area contributed by atoms with Gasteiger partial charge in [-0.25, -0.2) is 0 Å². The van der Waals surface area contributed by atoms with Gasteiger partial charge >= 0.3 is 0 Å². The Labute approximate surface area is 157 Å². The number of carbonyl (C=O) groups is 1. The van der Waals surface area contributed by atoms with E-state index in [2.05, 4.69) is 34.3 Å². The number of nitrogens with one attached hydrogen (secondary N) is 1. The fourth-order valence-electron chi connectivity index (χ4n) is 2.58. The number of hydrogen-bond donors (Lipinski definition) is 1. The first-order valence-corrected chi connectivity index (χ1v) is 9.48. The van der Waals surface area contributed by atoms with Crippen LogP contribution in [-0.2, 0) is 6.42 Å². The molecule has 3 aromatic rings. The molecule has 2 aromatic heterocycles. The van der Waals surface area contributed by atoms with Gasteiger partial charge in [0, 0.05) is 35.5 Å². The number of pyridine rings is 1. The Morgan fingerprint density at radius 1 is 1.12 bits per heavy atom. The predicted octanol–water partition coefficient (Wildman–Crippen LogP) is 4.08. The summed E-state index contributed by atoms with van der Waals surface area (Å²) in [4.78, 5) is 16.5. The highest BCUT2D eigenvalue weighted by Crippen LogP contribution is 2.27. The minimum Gasteiger partial charge on any atom is -0.349 e. The highest BCUT2D eigenvalue weighted by atomic mass is 32.1. The minimum absolute atomic E-state index is 0.0307. The standard InChI is InChI=1S/C20H22N4OS/c1-13(2)19-23-24-20(26-19)17-8-6-16(7-9-17)18(25)22-14(3)11-15-5-4-10-21-12-15/h4-10,12-14H,11H2,1-3H3,(H,22,25)/t14-/m1/s1. The maximum absolute atomic E-state index is 12.4. The van der Waals surface area contributed by atoms with Gasteiger partial charge in [-0.15, -0.1) is 10.2 Å². The Balaban J connectivity index is 1.63. The van der Waals surface area contributed by atoms with Gasteiger partial charge < -0.3 is 5.32 Å². The minimum atomic E-state index is -0.0759. The molecular formula is C20H22N4OS. The summed E-state index contributed by atoms with van der Waals surface area (Å²) in [5.41, 5.74) is 2.72. The summed E-state index contributed by atoms with van der Waals surface area (Å²) in [6, 6.07) is 11.5. The van der Waals surface area contributed by atoms with Crippen molar-refractivity contribution in [3.63, 3.8) is 0 Å². The van der Waals surface area contributed by atoms with Crippen LogP contribution in [0.3, 0.4) is 0 Å². The van der Waals surface area contributed by atoms with E-state index in [0.29, 0.717) is 11.5 Å². The molecule has 1 atom stereocenters. The molecule has 0 saturated heterocycles. The van der Waals surface area contributed by atoms with Crippen LogP contribution in [0.5, 0.6) is 0 Å². The summed E-state index contributed by atoms with van der Waals surface area (Å²) in [7, 11) is 0. The third kappa shape index (κ3) is 4.52. The van der Waals surface area contributed by atoms with E-state index in [1.807, 2.05) is 49.5 Å². The van der Waals surface area contributed by atoms with E-state index in [0.717, 1.165) is 27.6 Å². The number of aromatic nitrogens is 3. The largest absolute Gasteiger partial charge is 0.349 e. The highest BCUT2D eigenvalue weighted by Gasteiger charge is 2.13. The Morgan fingerprint density at radius 3 is 2.50 bits per heavy atom. The van der Waals surface area contributed by atoms with E-state index in [1.165, 1.54) is 0 Å². The van der Waals surface area contributed by atoms with Gasteiger partial charge in [0.25, 0.3) is 5.91 Å². The van der Waals surface area contributed by atoms with Gasteiger partial charge in [-0.05, 0) is 37.1 Å². The molecule has 1 amide bonds. The first-order chi connectivity index (χ1) is 12.5. The van der Waals surface area contributed by atoms with Crippen LogP contribution in [0, 0.1) is 0 Å². The van der Waals surface area contributed by atoms with Crippen molar-refractivity contribution in [2.24, 2.45) is 0 Å². The molecular weight excluding hydrogens is 344 g/mol. The normalized spacial score (nSPS) is 12.2. The summed E-state index contributed by atoms with van der Waals surface area (Å²) in [5.74, 6) is 0.292. The van der Waals surface area contributed by atoms with Gasteiger partial charge in [-0.3, -0.25) is 9.78 Å². The first-order valence-electron chi connectivity index (χ1n) is 8.66. The summed E-state index contributed by atoms with van der Waals surface area (Å²) >= 11 is 1.59. The van der Waals surface area contributed by atoms with Gasteiger partial charge in [0.1, 0.15) is 10.0 Å². The quantitative estimate of drug-likeness (QED) is 0.714. The molecule has 3 rings (SSSR count). The molecule has 5 nitrogen and oxygen atoms in total. The Bertz CT molecular complexity index is 859. The number of nitrogens with zero attached hydrogens (tertiary/aromatic N) is 3. The summed E-state index contributed by atoms with van der Waals surface area (Å²) in [5, 5.41) is 13.4. The fourth-order valence-corrected chi connectivity index (χ4v) is 3.43. The molecule has 6 heteroatoms. The van der Waals surface area contributed by atoms with Crippen molar-refractivity contribution < 1.29 is 4.79 Å². The van der Waals surface area contributed by atoms with E-state index in [-0.39, 0.29) is 11.9 Å². The van der Waals surface area contributed by atoms with Crippen molar-refractivity contribution >= 4 is 17.2 Å². The third-order valence-electron chi connectivity index (χ3n) is 3.97. The number of hydrogen-bond acceptors (Lipinski definition) is 5. The second kappa shape index (κ2) is 8.19. The second-order valence-electron chi connectivity index (χ2n) is 6.62. The smallest absolute Gasteiger partial charge is 0.251 e. The van der Waals surface area contributed by atoms with E-state index in [1.54, 1.807) is 17.5 Å². The maximum Gasteiger partial charge on any atom is 0.251 e. The molecule has 1 N–H and O–H groups in total. The average Bonchev–Trinajstić information content (AvgIpc) is 3.13. The zero-order valence-corrected chi connectivity index (χ0v) is 16.0. The van der Waals surface area contributed by atoms with Gasteiger partial charge in [0.15, 0.2) is 0 Å². The Hall–Kier alpha value is -2.60. The van der Waals surface area contributed by atoms with E-state index in [9.17, 15) is 4.79 Å². The molecule has 0 unspecified atom stereocenters. The van der Waals surface area contributed by atoms with Crippen LogP contribution < -0.4 is 5.32 Å². The lowest BCUT2D eigenvalue weighted by molar-refractivity contribution is 0.0940. The van der Waals surface area contributed by atoms with Crippen LogP contribution in [0.15, 0.2) is 48.8 Å². The Kier molecular flexibility index (Phi) is 5.73. The highest BCUT2D eigenvalue weighted by molar-refractivity contribution is 7.14. The van der Waals surface area contributed by atoms with Gasteiger partial charge in [-0.2, -0.15) is 0 Å². The molecule has 0 bridgehead atoms. The third-order valence-corrected chi connectivity index (χ3v) is 5.24. The van der Waals surface area contributed by atoms with Crippen LogP contribution in [0.1, 0.15) is 47.6 Å². The fraction of sp³-hybridized carbons (Fsp3) is 0.300. The van der Waals surface area contributed by atoms with Crippen molar-refractivity contribution in [3.8, 4) is 10.6 Å². The monoisotopic (exact) mass is 366 g/mol.